The highest BCUT2D eigenvalue weighted by molar-refractivity contribution is 7.99. The van der Waals surface area contributed by atoms with Crippen LogP contribution in [0, 0.1) is 12.8 Å². The van der Waals surface area contributed by atoms with E-state index in [0.29, 0.717) is 0 Å². The van der Waals surface area contributed by atoms with Crippen LogP contribution in [-0.4, -0.2) is 28.6 Å². The lowest BCUT2D eigenvalue weighted by Crippen LogP contribution is -2.22. The Morgan fingerprint density at radius 2 is 2.27 bits per heavy atom. The Labute approximate surface area is 96.6 Å². The summed E-state index contributed by atoms with van der Waals surface area (Å²) in [5.41, 5.74) is 1.09. The first-order valence-corrected chi connectivity index (χ1v) is 6.42. The van der Waals surface area contributed by atoms with Gasteiger partial charge in [0.1, 0.15) is 0 Å². The van der Waals surface area contributed by atoms with Gasteiger partial charge in [0.2, 0.25) is 0 Å². The van der Waals surface area contributed by atoms with Crippen molar-refractivity contribution in [1.29, 1.82) is 0 Å². The highest BCUT2D eigenvalue weighted by Gasteiger charge is 2.01. The van der Waals surface area contributed by atoms with Gasteiger partial charge in [-0.25, -0.2) is 0 Å². The average Bonchev–Trinajstić information content (AvgIpc) is 2.44. The summed E-state index contributed by atoms with van der Waals surface area (Å²) in [6, 6.07) is 2.13. The molecule has 1 aromatic rings. The van der Waals surface area contributed by atoms with Crippen molar-refractivity contribution in [3.63, 3.8) is 0 Å². The van der Waals surface area contributed by atoms with E-state index < -0.39 is 0 Å². The van der Waals surface area contributed by atoms with Crippen molar-refractivity contribution in [3.05, 3.63) is 11.8 Å². The minimum Gasteiger partial charge on any atom is -0.316 e. The molecule has 0 bridgehead atoms. The zero-order valence-electron chi connectivity index (χ0n) is 10.1. The second-order valence-electron chi connectivity index (χ2n) is 4.19. The van der Waals surface area contributed by atoms with Crippen LogP contribution in [0.3, 0.4) is 0 Å². The molecule has 0 saturated heterocycles. The second-order valence-corrected chi connectivity index (χ2v) is 5.31. The summed E-state index contributed by atoms with van der Waals surface area (Å²) < 4.78 is 1.95. The molecule has 0 atom stereocenters. The predicted octanol–water partition coefficient (Wildman–Crippen LogP) is 2.07. The molecule has 0 aromatic carbocycles. The van der Waals surface area contributed by atoms with Gasteiger partial charge in [0.15, 0.2) is 0 Å². The Balaban J connectivity index is 2.17. The van der Waals surface area contributed by atoms with E-state index in [1.807, 2.05) is 30.4 Å². The normalized spacial score (nSPS) is 11.3. The van der Waals surface area contributed by atoms with Gasteiger partial charge in [-0.15, -0.1) is 11.8 Å². The number of nitrogens with zero attached hydrogens (tertiary/aromatic N) is 2. The molecule has 0 radical (unpaired) electrons. The molecule has 0 fully saturated rings. The lowest BCUT2D eigenvalue weighted by Gasteiger charge is -2.06. The Morgan fingerprint density at radius 3 is 2.80 bits per heavy atom. The van der Waals surface area contributed by atoms with Gasteiger partial charge in [0.05, 0.1) is 10.7 Å². The fraction of sp³-hybridized carbons (Fsp3) is 0.727. The summed E-state index contributed by atoms with van der Waals surface area (Å²) >= 11 is 1.86. The van der Waals surface area contributed by atoms with E-state index in [-0.39, 0.29) is 0 Å². The van der Waals surface area contributed by atoms with Crippen molar-refractivity contribution in [2.45, 2.75) is 25.8 Å². The summed E-state index contributed by atoms with van der Waals surface area (Å²) in [6.07, 6.45) is 0. The number of hydrogen-bond acceptors (Lipinski definition) is 3. The molecule has 0 amide bonds. The predicted molar refractivity (Wildman–Crippen MR) is 66.4 cm³/mol. The highest BCUT2D eigenvalue weighted by Crippen LogP contribution is 2.17. The van der Waals surface area contributed by atoms with Crippen molar-refractivity contribution < 1.29 is 0 Å². The number of nitrogens with one attached hydrogen (secondary N) is 1. The van der Waals surface area contributed by atoms with Crippen molar-refractivity contribution in [2.75, 3.05) is 18.8 Å². The third kappa shape index (κ3) is 4.71. The Kier molecular flexibility index (Phi) is 5.19. The topological polar surface area (TPSA) is 29.9 Å². The van der Waals surface area contributed by atoms with Crippen LogP contribution in [0.4, 0.5) is 0 Å². The molecule has 0 saturated carbocycles. The molecule has 0 unspecified atom stereocenters. The molecule has 15 heavy (non-hydrogen) atoms. The molecular formula is C11H21N3S. The summed E-state index contributed by atoms with van der Waals surface area (Å²) in [6.45, 7) is 8.65. The Hall–Kier alpha value is -0.480. The molecule has 0 aliphatic rings. The van der Waals surface area contributed by atoms with Crippen LogP contribution in [0.2, 0.25) is 0 Å². The smallest absolute Gasteiger partial charge is 0.0939 e. The average molecular weight is 227 g/mol. The van der Waals surface area contributed by atoms with E-state index in [4.69, 9.17) is 0 Å². The Morgan fingerprint density at radius 1 is 1.53 bits per heavy atom. The molecule has 3 nitrogen and oxygen atoms in total. The molecule has 4 heteroatoms. The quantitative estimate of drug-likeness (QED) is 0.596. The van der Waals surface area contributed by atoms with Crippen LogP contribution in [0.5, 0.6) is 0 Å². The van der Waals surface area contributed by atoms with Gasteiger partial charge < -0.3 is 5.32 Å². The number of thioether (sulfide) groups is 1. The summed E-state index contributed by atoms with van der Waals surface area (Å²) in [4.78, 5) is 0. The van der Waals surface area contributed by atoms with Crippen molar-refractivity contribution in [2.24, 2.45) is 13.0 Å². The maximum atomic E-state index is 4.31. The first-order valence-electron chi connectivity index (χ1n) is 5.43. The lowest BCUT2D eigenvalue weighted by atomic mass is 10.2. The van der Waals surface area contributed by atoms with Gasteiger partial charge in [0.25, 0.3) is 0 Å². The molecular weight excluding hydrogens is 206 g/mol. The van der Waals surface area contributed by atoms with Crippen LogP contribution in [-0.2, 0) is 7.05 Å². The molecule has 1 rings (SSSR count). The molecule has 0 aliphatic heterocycles. The fourth-order valence-electron chi connectivity index (χ4n) is 1.34. The van der Waals surface area contributed by atoms with Crippen LogP contribution in [0.1, 0.15) is 19.5 Å². The monoisotopic (exact) mass is 227 g/mol. The minimum atomic E-state index is 0.731. The van der Waals surface area contributed by atoms with Crippen LogP contribution in [0.25, 0.3) is 0 Å². The minimum absolute atomic E-state index is 0.731. The first kappa shape index (κ1) is 12.6. The van der Waals surface area contributed by atoms with Crippen molar-refractivity contribution >= 4 is 11.8 Å². The van der Waals surface area contributed by atoms with E-state index in [9.17, 15) is 0 Å². The number of rotatable bonds is 6. The van der Waals surface area contributed by atoms with Crippen LogP contribution >= 0.6 is 11.8 Å². The summed E-state index contributed by atoms with van der Waals surface area (Å²) in [7, 11) is 2.00. The van der Waals surface area contributed by atoms with Gasteiger partial charge in [-0.1, -0.05) is 13.8 Å². The number of aryl methyl sites for hydroxylation is 2. The first-order chi connectivity index (χ1) is 7.09. The van der Waals surface area contributed by atoms with Gasteiger partial charge in [-0.2, -0.15) is 5.10 Å². The number of aromatic nitrogens is 2. The van der Waals surface area contributed by atoms with Crippen LogP contribution in [0.15, 0.2) is 11.1 Å². The van der Waals surface area contributed by atoms with Gasteiger partial charge in [-0.05, 0) is 25.5 Å². The number of hydrogen-bond donors (Lipinski definition) is 1. The van der Waals surface area contributed by atoms with E-state index in [2.05, 4.69) is 30.3 Å². The maximum Gasteiger partial charge on any atom is 0.0939 e. The fourth-order valence-corrected chi connectivity index (χ4v) is 2.28. The summed E-state index contributed by atoms with van der Waals surface area (Å²) in [5, 5.41) is 8.99. The summed E-state index contributed by atoms with van der Waals surface area (Å²) in [5.74, 6) is 1.83. The molecule has 86 valence electrons. The molecule has 1 aromatic heterocycles. The largest absolute Gasteiger partial charge is 0.316 e. The highest BCUT2D eigenvalue weighted by atomic mass is 32.2. The third-order valence-corrected chi connectivity index (χ3v) is 3.13. The third-order valence-electron chi connectivity index (χ3n) is 2.04. The zero-order chi connectivity index (χ0) is 11.3. The van der Waals surface area contributed by atoms with E-state index in [1.165, 1.54) is 5.03 Å². The van der Waals surface area contributed by atoms with Gasteiger partial charge >= 0.3 is 0 Å². The van der Waals surface area contributed by atoms with Gasteiger partial charge in [0, 0.05) is 19.3 Å². The van der Waals surface area contributed by atoms with E-state index in [1.54, 1.807) is 0 Å². The molecule has 1 N–H and O–H groups in total. The molecule has 1 heterocycles. The lowest BCUT2D eigenvalue weighted by molar-refractivity contribution is 0.568. The standard InChI is InChI=1S/C11H21N3S/c1-9(2)8-12-5-6-15-11-7-10(3)13-14(11)4/h7,9,12H,5-6,8H2,1-4H3. The Bertz CT molecular complexity index is 294. The molecule has 0 aliphatic carbocycles. The maximum absolute atomic E-state index is 4.31. The SMILES string of the molecule is Cc1cc(SCCNCC(C)C)n(C)n1. The van der Waals surface area contributed by atoms with E-state index in [0.717, 1.165) is 30.5 Å². The van der Waals surface area contributed by atoms with Crippen molar-refractivity contribution in [1.82, 2.24) is 15.1 Å². The van der Waals surface area contributed by atoms with E-state index >= 15 is 0 Å². The zero-order valence-corrected chi connectivity index (χ0v) is 10.9. The van der Waals surface area contributed by atoms with Crippen molar-refractivity contribution in [3.8, 4) is 0 Å². The van der Waals surface area contributed by atoms with Crippen LogP contribution < -0.4 is 5.32 Å². The second kappa shape index (κ2) is 6.18. The molecule has 0 spiro atoms. The van der Waals surface area contributed by atoms with Gasteiger partial charge in [-0.3, -0.25) is 4.68 Å².